The van der Waals surface area contributed by atoms with Gasteiger partial charge in [-0.15, -0.1) is 0 Å². The molecule has 0 amide bonds. The van der Waals surface area contributed by atoms with Crippen LogP contribution in [0.1, 0.15) is 15.9 Å². The zero-order valence-electron chi connectivity index (χ0n) is 9.74. The van der Waals surface area contributed by atoms with Crippen LogP contribution in [0.5, 0.6) is 0 Å². The van der Waals surface area contributed by atoms with Gasteiger partial charge in [-0.2, -0.15) is 0 Å². The summed E-state index contributed by atoms with van der Waals surface area (Å²) in [5.74, 6) is -0.573. The molecule has 1 nitrogen and oxygen atoms in total. The number of benzene rings is 2. The predicted octanol–water partition coefficient (Wildman–Crippen LogP) is 5.03. The largest absolute Gasteiger partial charge is 0.289 e. The van der Waals surface area contributed by atoms with Crippen molar-refractivity contribution in [3.8, 4) is 0 Å². The van der Waals surface area contributed by atoms with E-state index in [0.717, 1.165) is 5.56 Å². The number of halogens is 3. The van der Waals surface area contributed by atoms with Crippen molar-refractivity contribution in [3.63, 3.8) is 0 Å². The van der Waals surface area contributed by atoms with Crippen LogP contribution in [0.2, 0.25) is 10.0 Å². The Kier molecular flexibility index (Phi) is 4.35. The van der Waals surface area contributed by atoms with Gasteiger partial charge >= 0.3 is 0 Å². The number of ketones is 1. The second kappa shape index (κ2) is 6.00. The minimum atomic E-state index is -0.370. The fraction of sp³-hybridized carbons (Fsp3) is 0. The van der Waals surface area contributed by atoms with Crippen LogP contribution >= 0.6 is 23.2 Å². The van der Waals surface area contributed by atoms with Crippen molar-refractivity contribution in [2.24, 2.45) is 0 Å². The number of carbonyl (C=O) groups is 1. The van der Waals surface area contributed by atoms with Crippen molar-refractivity contribution in [2.75, 3.05) is 0 Å². The van der Waals surface area contributed by atoms with E-state index in [9.17, 15) is 9.18 Å². The molecule has 0 heterocycles. The zero-order valence-corrected chi connectivity index (χ0v) is 11.3. The molecule has 0 aliphatic heterocycles. The molecular weight excluding hydrogens is 286 g/mol. The van der Waals surface area contributed by atoms with Crippen LogP contribution in [0.3, 0.4) is 0 Å². The maximum absolute atomic E-state index is 12.7. The van der Waals surface area contributed by atoms with Gasteiger partial charge in [0.15, 0.2) is 5.78 Å². The Labute approximate surface area is 120 Å². The first-order valence-electron chi connectivity index (χ1n) is 5.49. The summed E-state index contributed by atoms with van der Waals surface area (Å²) >= 11 is 11.7. The first-order chi connectivity index (χ1) is 9.06. The molecule has 0 saturated carbocycles. The van der Waals surface area contributed by atoms with Crippen LogP contribution in [-0.4, -0.2) is 5.78 Å². The molecule has 0 radical (unpaired) electrons. The van der Waals surface area contributed by atoms with Crippen molar-refractivity contribution in [3.05, 3.63) is 75.5 Å². The third kappa shape index (κ3) is 3.66. The summed E-state index contributed by atoms with van der Waals surface area (Å²) in [7, 11) is 0. The molecule has 0 atom stereocenters. The van der Waals surface area contributed by atoms with E-state index in [-0.39, 0.29) is 11.6 Å². The van der Waals surface area contributed by atoms with Crippen LogP contribution in [0.25, 0.3) is 6.08 Å². The van der Waals surface area contributed by atoms with Crippen molar-refractivity contribution in [1.29, 1.82) is 0 Å². The summed E-state index contributed by atoms with van der Waals surface area (Å²) in [6.07, 6.45) is 3.04. The van der Waals surface area contributed by atoms with Gasteiger partial charge in [-0.25, -0.2) is 4.39 Å². The summed E-state index contributed by atoms with van der Waals surface area (Å²) < 4.78 is 12.7. The monoisotopic (exact) mass is 294 g/mol. The van der Waals surface area contributed by atoms with Gasteiger partial charge in [-0.1, -0.05) is 35.3 Å². The molecule has 0 aliphatic carbocycles. The highest BCUT2D eigenvalue weighted by atomic mass is 35.5. The summed E-state index contributed by atoms with van der Waals surface area (Å²) in [5, 5.41) is 0.890. The molecule has 0 bridgehead atoms. The molecule has 0 saturated heterocycles. The van der Waals surface area contributed by atoms with E-state index in [2.05, 4.69) is 0 Å². The molecule has 0 aromatic heterocycles. The van der Waals surface area contributed by atoms with Gasteiger partial charge in [-0.3, -0.25) is 4.79 Å². The van der Waals surface area contributed by atoms with Gasteiger partial charge in [-0.05, 0) is 48.0 Å². The zero-order chi connectivity index (χ0) is 13.8. The summed E-state index contributed by atoms with van der Waals surface area (Å²) in [6.45, 7) is 0. The third-order valence-electron chi connectivity index (χ3n) is 2.50. The number of hydrogen-bond donors (Lipinski definition) is 0. The van der Waals surface area contributed by atoms with Gasteiger partial charge in [0, 0.05) is 5.56 Å². The Bertz CT molecular complexity index is 633. The number of carbonyl (C=O) groups excluding carboxylic acids is 1. The van der Waals surface area contributed by atoms with Crippen LogP contribution in [0, 0.1) is 5.82 Å². The lowest BCUT2D eigenvalue weighted by Gasteiger charge is -1.98. The van der Waals surface area contributed by atoms with Crippen molar-refractivity contribution >= 4 is 35.1 Å². The first kappa shape index (κ1) is 13.8. The van der Waals surface area contributed by atoms with E-state index < -0.39 is 0 Å². The fourth-order valence-electron chi connectivity index (χ4n) is 1.50. The highest BCUT2D eigenvalue weighted by Crippen LogP contribution is 2.23. The highest BCUT2D eigenvalue weighted by molar-refractivity contribution is 6.42. The molecule has 19 heavy (non-hydrogen) atoms. The van der Waals surface area contributed by atoms with E-state index in [4.69, 9.17) is 23.2 Å². The molecule has 0 fully saturated rings. The lowest BCUT2D eigenvalue weighted by atomic mass is 10.1. The van der Waals surface area contributed by atoms with Gasteiger partial charge in [0.2, 0.25) is 0 Å². The molecule has 0 aliphatic rings. The van der Waals surface area contributed by atoms with Gasteiger partial charge < -0.3 is 0 Å². The van der Waals surface area contributed by atoms with E-state index in [1.54, 1.807) is 24.3 Å². The minimum absolute atomic E-state index is 0.203. The average Bonchev–Trinajstić information content (AvgIpc) is 2.40. The van der Waals surface area contributed by atoms with Gasteiger partial charge in [0.1, 0.15) is 5.82 Å². The van der Waals surface area contributed by atoms with E-state index >= 15 is 0 Å². The third-order valence-corrected chi connectivity index (χ3v) is 3.24. The molecular formula is C15H9Cl2FO. The Balaban J connectivity index is 2.15. The first-order valence-corrected chi connectivity index (χ1v) is 6.25. The molecule has 2 rings (SSSR count). The van der Waals surface area contributed by atoms with Crippen LogP contribution < -0.4 is 0 Å². The molecule has 2 aromatic carbocycles. The lowest BCUT2D eigenvalue weighted by Crippen LogP contribution is -1.93. The molecule has 0 spiro atoms. The molecule has 96 valence electrons. The predicted molar refractivity (Wildman–Crippen MR) is 76.2 cm³/mol. The maximum Gasteiger partial charge on any atom is 0.185 e. The van der Waals surface area contributed by atoms with Gasteiger partial charge in [0.25, 0.3) is 0 Å². The Morgan fingerprint density at radius 3 is 2.32 bits per heavy atom. The van der Waals surface area contributed by atoms with Crippen LogP contribution in [-0.2, 0) is 0 Å². The number of allylic oxidation sites excluding steroid dienone is 1. The second-order valence-corrected chi connectivity index (χ2v) is 4.69. The standard InChI is InChI=1S/C15H9Cl2FO/c16-13-7-1-10(9-14(13)17)2-8-15(19)11-3-5-12(18)6-4-11/h1-9H. The van der Waals surface area contributed by atoms with Crippen LogP contribution in [0.15, 0.2) is 48.5 Å². The molecule has 4 heteroatoms. The summed E-state index contributed by atoms with van der Waals surface area (Å²) in [4.78, 5) is 11.8. The average molecular weight is 295 g/mol. The maximum atomic E-state index is 12.7. The Hall–Kier alpha value is -1.64. The second-order valence-electron chi connectivity index (χ2n) is 3.88. The fourth-order valence-corrected chi connectivity index (χ4v) is 1.80. The quantitative estimate of drug-likeness (QED) is 0.573. The van der Waals surface area contributed by atoms with Gasteiger partial charge in [0.05, 0.1) is 10.0 Å². The van der Waals surface area contributed by atoms with Crippen molar-refractivity contribution < 1.29 is 9.18 Å². The lowest BCUT2D eigenvalue weighted by molar-refractivity contribution is 0.104. The van der Waals surface area contributed by atoms with E-state index in [1.165, 1.54) is 30.3 Å². The summed E-state index contributed by atoms with van der Waals surface area (Å²) in [5.41, 5.74) is 1.20. The molecule has 0 unspecified atom stereocenters. The minimum Gasteiger partial charge on any atom is -0.289 e. The molecule has 0 N–H and O–H groups in total. The van der Waals surface area contributed by atoms with Crippen molar-refractivity contribution in [2.45, 2.75) is 0 Å². The van der Waals surface area contributed by atoms with Crippen LogP contribution in [0.4, 0.5) is 4.39 Å². The Morgan fingerprint density at radius 2 is 1.68 bits per heavy atom. The van der Waals surface area contributed by atoms with E-state index in [1.807, 2.05) is 0 Å². The number of rotatable bonds is 3. The molecule has 2 aromatic rings. The topological polar surface area (TPSA) is 17.1 Å². The highest BCUT2D eigenvalue weighted by Gasteiger charge is 2.02. The Morgan fingerprint density at radius 1 is 1.00 bits per heavy atom. The van der Waals surface area contributed by atoms with E-state index in [0.29, 0.717) is 15.6 Å². The summed E-state index contributed by atoms with van der Waals surface area (Å²) in [6, 6.07) is 10.5. The number of hydrogen-bond acceptors (Lipinski definition) is 1. The SMILES string of the molecule is O=C(C=Cc1ccc(Cl)c(Cl)c1)c1ccc(F)cc1. The normalized spacial score (nSPS) is 10.9. The van der Waals surface area contributed by atoms with Crippen molar-refractivity contribution in [1.82, 2.24) is 0 Å². The smallest absolute Gasteiger partial charge is 0.185 e.